The molecule has 3 nitrogen and oxygen atoms in total. The van der Waals surface area contributed by atoms with Crippen LogP contribution in [-0.4, -0.2) is 7.05 Å². The minimum absolute atomic E-state index is 0.302. The molecule has 2 aromatic carbocycles. The monoisotopic (exact) mass is 366 g/mol. The first kappa shape index (κ1) is 20.3. The molecular weight excluding hydrogens is 339 g/mol. The van der Waals surface area contributed by atoms with Crippen LogP contribution in [0.3, 0.4) is 0 Å². The van der Waals surface area contributed by atoms with Crippen LogP contribution in [0.15, 0.2) is 78.8 Å². The average molecular weight is 366 g/mol. The lowest BCUT2D eigenvalue weighted by Gasteiger charge is -2.22. The number of benzene rings is 2. The van der Waals surface area contributed by atoms with E-state index >= 15 is 0 Å². The Morgan fingerprint density at radius 2 is 1.70 bits per heavy atom. The summed E-state index contributed by atoms with van der Waals surface area (Å²) in [5, 5.41) is 6.40. The van der Waals surface area contributed by atoms with E-state index in [1.807, 2.05) is 45.2 Å². The third-order valence-corrected chi connectivity index (χ3v) is 4.19. The molecule has 0 bridgehead atoms. The third kappa shape index (κ3) is 5.23. The zero-order chi connectivity index (χ0) is 20.0. The highest BCUT2D eigenvalue weighted by Gasteiger charge is 2.15. The molecule has 2 N–H and O–H groups in total. The minimum Gasteiger partial charge on any atom is -0.472 e. The maximum absolute atomic E-state index is 14.0. The molecule has 1 unspecified atom stereocenters. The van der Waals surface area contributed by atoms with Gasteiger partial charge in [-0.2, -0.15) is 0 Å². The smallest absolute Gasteiger partial charge is 0.184 e. The third-order valence-electron chi connectivity index (χ3n) is 4.19. The first-order valence-electron chi connectivity index (χ1n) is 8.85. The van der Waals surface area contributed by atoms with Crippen LogP contribution in [0.5, 0.6) is 0 Å². The molecule has 4 heteroatoms. The van der Waals surface area contributed by atoms with E-state index in [-0.39, 0.29) is 5.82 Å². The summed E-state index contributed by atoms with van der Waals surface area (Å²) in [6.07, 6.45) is -0.477. The Morgan fingerprint density at radius 1 is 1.07 bits per heavy atom. The molecule has 0 saturated carbocycles. The molecule has 0 aliphatic heterocycles. The summed E-state index contributed by atoms with van der Waals surface area (Å²) in [6, 6.07) is 14.7. The maximum atomic E-state index is 14.0. The zero-order valence-corrected chi connectivity index (χ0v) is 16.4. The summed E-state index contributed by atoms with van der Waals surface area (Å²) in [4.78, 5) is 0. The van der Waals surface area contributed by atoms with Crippen molar-refractivity contribution in [1.29, 1.82) is 0 Å². The highest BCUT2D eigenvalue weighted by molar-refractivity contribution is 5.70. The Morgan fingerprint density at radius 3 is 2.26 bits per heavy atom. The highest BCUT2D eigenvalue weighted by Crippen LogP contribution is 2.24. The van der Waals surface area contributed by atoms with Gasteiger partial charge in [0.1, 0.15) is 11.9 Å². The SMILES string of the molecule is C=C(N/C(C(=C)C)=C(/NC)c1ccc(C)cc1)OC(C)c1ccccc1F. The van der Waals surface area contributed by atoms with E-state index in [0.717, 1.165) is 22.5 Å². The van der Waals surface area contributed by atoms with Gasteiger partial charge in [0, 0.05) is 12.6 Å². The Balaban J connectivity index is 2.24. The second-order valence-corrected chi connectivity index (χ2v) is 6.48. The second-order valence-electron chi connectivity index (χ2n) is 6.48. The van der Waals surface area contributed by atoms with Crippen molar-refractivity contribution in [3.8, 4) is 0 Å². The number of nitrogens with one attached hydrogen (secondary N) is 2. The molecule has 2 aromatic rings. The first-order chi connectivity index (χ1) is 12.8. The van der Waals surface area contributed by atoms with E-state index < -0.39 is 6.10 Å². The summed E-state index contributed by atoms with van der Waals surface area (Å²) in [5.41, 5.74) is 5.16. The number of rotatable bonds is 8. The van der Waals surface area contributed by atoms with Crippen LogP contribution < -0.4 is 10.6 Å². The number of aryl methyl sites for hydroxylation is 1. The van der Waals surface area contributed by atoms with Gasteiger partial charge in [-0.25, -0.2) is 4.39 Å². The summed E-state index contributed by atoms with van der Waals surface area (Å²) in [5.74, 6) is 0.0210. The lowest BCUT2D eigenvalue weighted by molar-refractivity contribution is 0.119. The van der Waals surface area contributed by atoms with Crippen LogP contribution in [0.25, 0.3) is 5.70 Å². The van der Waals surface area contributed by atoms with Crippen molar-refractivity contribution in [2.45, 2.75) is 26.9 Å². The van der Waals surface area contributed by atoms with Gasteiger partial charge in [0.2, 0.25) is 0 Å². The number of ether oxygens (including phenoxy) is 1. The minimum atomic E-state index is -0.477. The number of hydrogen-bond donors (Lipinski definition) is 2. The lowest BCUT2D eigenvalue weighted by Crippen LogP contribution is -2.22. The predicted octanol–water partition coefficient (Wildman–Crippen LogP) is 5.44. The summed E-state index contributed by atoms with van der Waals surface area (Å²) < 4.78 is 19.8. The van der Waals surface area contributed by atoms with Crippen molar-refractivity contribution in [2.24, 2.45) is 0 Å². The van der Waals surface area contributed by atoms with Crippen LogP contribution in [0, 0.1) is 12.7 Å². The number of hydrogen-bond acceptors (Lipinski definition) is 3. The van der Waals surface area contributed by atoms with E-state index in [4.69, 9.17) is 4.74 Å². The molecule has 1 atom stereocenters. The Hall–Kier alpha value is -3.01. The van der Waals surface area contributed by atoms with Crippen LogP contribution in [0.2, 0.25) is 0 Å². The van der Waals surface area contributed by atoms with Crippen LogP contribution >= 0.6 is 0 Å². The maximum Gasteiger partial charge on any atom is 0.184 e. The van der Waals surface area contributed by atoms with E-state index in [0.29, 0.717) is 11.4 Å². The summed E-state index contributed by atoms with van der Waals surface area (Å²) in [6.45, 7) is 13.7. The summed E-state index contributed by atoms with van der Waals surface area (Å²) in [7, 11) is 1.85. The largest absolute Gasteiger partial charge is 0.472 e. The molecule has 2 rings (SSSR count). The van der Waals surface area contributed by atoms with Gasteiger partial charge in [0.15, 0.2) is 5.88 Å². The van der Waals surface area contributed by atoms with E-state index in [1.54, 1.807) is 25.1 Å². The molecule has 0 amide bonds. The molecule has 0 heterocycles. The molecule has 0 radical (unpaired) electrons. The van der Waals surface area contributed by atoms with Crippen molar-refractivity contribution >= 4 is 5.70 Å². The Labute approximate surface area is 161 Å². The molecule has 0 aliphatic carbocycles. The standard InChI is InChI=1S/C23H27FN2O/c1-15(2)22(23(25-6)19-13-11-16(3)12-14-19)26-18(5)27-17(4)20-9-7-8-10-21(20)24/h7-14,17,25-26H,1,5H2,2-4,6H3/b23-22+. The average Bonchev–Trinajstić information content (AvgIpc) is 2.63. The lowest BCUT2D eigenvalue weighted by atomic mass is 10.1. The van der Waals surface area contributed by atoms with E-state index in [1.165, 1.54) is 11.6 Å². The van der Waals surface area contributed by atoms with E-state index in [9.17, 15) is 4.39 Å². The van der Waals surface area contributed by atoms with Crippen molar-refractivity contribution in [2.75, 3.05) is 7.05 Å². The molecule has 0 spiro atoms. The molecule has 0 aliphatic rings. The molecule has 142 valence electrons. The number of allylic oxidation sites excluding steroid dienone is 1. The van der Waals surface area contributed by atoms with Crippen LogP contribution in [-0.2, 0) is 4.74 Å². The van der Waals surface area contributed by atoms with Gasteiger partial charge in [-0.05, 0) is 44.6 Å². The van der Waals surface area contributed by atoms with Gasteiger partial charge in [-0.1, -0.05) is 54.6 Å². The first-order valence-corrected chi connectivity index (χ1v) is 8.85. The topological polar surface area (TPSA) is 33.3 Å². The molecule has 0 aromatic heterocycles. The van der Waals surface area contributed by atoms with Gasteiger partial charge >= 0.3 is 0 Å². The van der Waals surface area contributed by atoms with Gasteiger partial charge < -0.3 is 15.4 Å². The second kappa shape index (κ2) is 9.08. The molecule has 0 saturated heterocycles. The van der Waals surface area contributed by atoms with Crippen LogP contribution in [0.4, 0.5) is 4.39 Å². The Bertz CT molecular complexity index is 853. The summed E-state index contributed by atoms with van der Waals surface area (Å²) >= 11 is 0. The van der Waals surface area contributed by atoms with Gasteiger partial charge in [-0.15, -0.1) is 0 Å². The highest BCUT2D eigenvalue weighted by atomic mass is 19.1. The fourth-order valence-electron chi connectivity index (χ4n) is 2.77. The fraction of sp³-hybridized carbons (Fsp3) is 0.217. The fourth-order valence-corrected chi connectivity index (χ4v) is 2.77. The molecule has 27 heavy (non-hydrogen) atoms. The Kier molecular flexibility index (Phi) is 6.83. The van der Waals surface area contributed by atoms with E-state index in [2.05, 4.69) is 23.8 Å². The quantitative estimate of drug-likeness (QED) is 0.482. The molecular formula is C23H27FN2O. The van der Waals surface area contributed by atoms with Gasteiger partial charge in [-0.3, -0.25) is 0 Å². The normalized spacial score (nSPS) is 12.6. The molecule has 0 fully saturated rings. The number of halogens is 1. The van der Waals surface area contributed by atoms with Crippen molar-refractivity contribution in [3.63, 3.8) is 0 Å². The van der Waals surface area contributed by atoms with Crippen molar-refractivity contribution < 1.29 is 9.13 Å². The van der Waals surface area contributed by atoms with Crippen molar-refractivity contribution in [1.82, 2.24) is 10.6 Å². The van der Waals surface area contributed by atoms with Gasteiger partial charge in [0.05, 0.1) is 11.4 Å². The van der Waals surface area contributed by atoms with Crippen molar-refractivity contribution in [3.05, 3.63) is 101 Å². The van der Waals surface area contributed by atoms with Crippen LogP contribution in [0.1, 0.15) is 36.6 Å². The predicted molar refractivity (Wildman–Crippen MR) is 110 cm³/mol. The zero-order valence-electron chi connectivity index (χ0n) is 16.4. The van der Waals surface area contributed by atoms with Gasteiger partial charge in [0.25, 0.3) is 0 Å².